The Balaban J connectivity index is 1.25. The van der Waals surface area contributed by atoms with Gasteiger partial charge in [-0.1, -0.05) is 181 Å². The van der Waals surface area contributed by atoms with E-state index in [-0.39, 0.29) is 105 Å². The summed E-state index contributed by atoms with van der Waals surface area (Å²) in [5.41, 5.74) is 32.5. The maximum Gasteiger partial charge on any atom is 0.341 e. The zero-order valence-electron chi connectivity index (χ0n) is 84.3. The summed E-state index contributed by atoms with van der Waals surface area (Å²) < 4.78 is 5.36. The Morgan fingerprint density at radius 3 is 1.44 bits per heavy atom. The standard InChI is InChI=1S/C103H142N20O24S/c1-56(2)44-74-92(134)111-72(40-43-106)91(133)115-79(47-61-23-24-61)99(141)122-87(57(3)4)101(143)112-71(22-15-41-104)90(132)121-82(100(142)110-70(39-42-105)88(108)130)54-148-55-84(125)109-75(46-60-17-10-8-11-18-60)93(135)116-78(50-64-29-35-69(36-30-64)147-53-86(128)129)96(138)120-81(52-85(126)127)98(140)119-80(51-65-19-14-16-58(5)45-65)97(139)118-77(49-63-27-33-68(34-28-63)103(145)146)95(137)117-76(48-62-25-31-67(32-26-62)66-20-12-9-13-21-66)94(136)113-73(37-38-83(107)124)102(144)123(7)59(6)89(131)114-74/h9,12-14,16,19-21,25-36,45,56-57,59-61,70-82,87H,8,10-11,15,17-18,22-24,37-44,46-55,104-106H2,1-7H3,(H2,107,124)(H2,108,130)(H,109,125)(H,110,142)(H,111,134)(H,112,143)(H,113,136)(H,114,131)(H,115,133)(H,116,135)(H,117,137)(H,118,139)(H,119,140)(H,120,138)(H,121,132)(H,122,141)(H,126,127)(H,128,129)(H,145,146)/t59-,70-,71-,72-,73-,74+,75-,76-,77-,78-,79-,80-,81-,82-,87-/m0/s1. The maximum atomic E-state index is 15.8. The molecule has 0 radical (unpaired) electrons. The molecule has 5 aromatic rings. The molecule has 1 saturated heterocycles. The van der Waals surface area contributed by atoms with Crippen LogP contribution in [-0.2, 0) is 117 Å². The van der Waals surface area contributed by atoms with Gasteiger partial charge < -0.3 is 128 Å². The molecule has 2 aliphatic carbocycles. The lowest BCUT2D eigenvalue weighted by Gasteiger charge is -2.31. The topological polar surface area (TPSA) is 713 Å². The lowest BCUT2D eigenvalue weighted by Crippen LogP contribution is -2.61. The number of carboxylic acid groups (broad SMARTS) is 3. The molecular formula is C103H142N20O24S. The van der Waals surface area contributed by atoms with Crippen molar-refractivity contribution >= 4 is 130 Å². The van der Waals surface area contributed by atoms with Crippen molar-refractivity contribution in [1.29, 1.82) is 0 Å². The number of primary amides is 2. The summed E-state index contributed by atoms with van der Waals surface area (Å²) in [6.07, 6.45) is 0.126. The average Bonchev–Trinajstić information content (AvgIpc) is 1.03. The van der Waals surface area contributed by atoms with Crippen LogP contribution < -0.4 is 108 Å². The number of thioether (sulfide) groups is 1. The first-order chi connectivity index (χ1) is 70.4. The van der Waals surface area contributed by atoms with Gasteiger partial charge in [-0.05, 0) is 166 Å². The van der Waals surface area contributed by atoms with Crippen molar-refractivity contribution < 1.29 is 116 Å². The van der Waals surface area contributed by atoms with Gasteiger partial charge >= 0.3 is 17.9 Å². The molecule has 27 N–H and O–H groups in total. The molecule has 0 bridgehead atoms. The van der Waals surface area contributed by atoms with Gasteiger partial charge in [0.05, 0.1) is 17.7 Å². The van der Waals surface area contributed by atoms with Crippen molar-refractivity contribution in [3.63, 3.8) is 0 Å². The number of nitrogens with two attached hydrogens (primary N) is 5. The Kier molecular flexibility index (Phi) is 47.6. The number of aromatic carboxylic acids is 1. The molecular weight excluding hydrogens is 1930 g/mol. The smallest absolute Gasteiger partial charge is 0.341 e. The largest absolute Gasteiger partial charge is 0.482 e. The van der Waals surface area contributed by atoms with E-state index in [4.69, 9.17) is 33.4 Å². The number of nitrogens with zero attached hydrogens (tertiary/aromatic N) is 1. The average molecular weight is 2080 g/mol. The number of carbonyl (C=O) groups is 20. The molecule has 3 aliphatic rings. The number of benzene rings is 5. The quantitative estimate of drug-likeness (QED) is 0.0246. The van der Waals surface area contributed by atoms with Crippen molar-refractivity contribution in [2.75, 3.05) is 44.8 Å². The number of aryl methyl sites for hydroxylation is 1. The van der Waals surface area contributed by atoms with Gasteiger partial charge in [-0.3, -0.25) is 86.3 Å². The molecule has 148 heavy (non-hydrogen) atoms. The van der Waals surface area contributed by atoms with Crippen LogP contribution in [-0.4, -0.2) is 274 Å². The summed E-state index contributed by atoms with van der Waals surface area (Å²) in [6, 6.07) is 8.69. The maximum absolute atomic E-state index is 15.8. The van der Waals surface area contributed by atoms with Gasteiger partial charge in [0.25, 0.3) is 0 Å². The molecule has 17 amide bonds. The highest BCUT2D eigenvalue weighted by Gasteiger charge is 2.43. The minimum atomic E-state index is -2.15. The fourth-order valence-corrected chi connectivity index (χ4v) is 18.0. The van der Waals surface area contributed by atoms with E-state index in [9.17, 15) is 77.6 Å². The van der Waals surface area contributed by atoms with Crippen LogP contribution in [0.3, 0.4) is 0 Å². The molecule has 804 valence electrons. The summed E-state index contributed by atoms with van der Waals surface area (Å²) in [5, 5.41) is 67.2. The number of aliphatic carboxylic acids is 2. The van der Waals surface area contributed by atoms with E-state index in [0.29, 0.717) is 42.4 Å². The molecule has 0 aromatic heterocycles. The van der Waals surface area contributed by atoms with Crippen molar-refractivity contribution in [3.8, 4) is 16.9 Å². The summed E-state index contributed by atoms with van der Waals surface area (Å²) in [4.78, 5) is 290. The van der Waals surface area contributed by atoms with Crippen LogP contribution >= 0.6 is 11.8 Å². The number of hydrogen-bond acceptors (Lipinski definition) is 25. The first-order valence-electron chi connectivity index (χ1n) is 49.8. The Bertz CT molecular complexity index is 5440. The van der Waals surface area contributed by atoms with E-state index in [1.54, 1.807) is 83.1 Å². The predicted molar refractivity (Wildman–Crippen MR) is 546 cm³/mol. The second kappa shape index (κ2) is 59.4. The number of carbonyl (C=O) groups excluding carboxylic acids is 17. The van der Waals surface area contributed by atoms with E-state index in [1.165, 1.54) is 62.5 Å². The molecule has 1 aliphatic heterocycles. The first kappa shape index (κ1) is 119. The minimum absolute atomic E-state index is 0.0243. The lowest BCUT2D eigenvalue weighted by atomic mass is 9.84. The fourth-order valence-electron chi connectivity index (χ4n) is 17.1. The highest BCUT2D eigenvalue weighted by atomic mass is 32.2. The summed E-state index contributed by atoms with van der Waals surface area (Å²) in [7, 11) is 1.19. The van der Waals surface area contributed by atoms with Crippen LogP contribution in [0.5, 0.6) is 5.75 Å². The minimum Gasteiger partial charge on any atom is -0.482 e. The molecule has 0 unspecified atom stereocenters. The number of nitrogens with one attached hydrogen (secondary N) is 14. The van der Waals surface area contributed by atoms with Crippen LogP contribution in [0.15, 0.2) is 127 Å². The Morgan fingerprint density at radius 2 is 0.926 bits per heavy atom. The van der Waals surface area contributed by atoms with Gasteiger partial charge in [0.1, 0.15) is 96.4 Å². The van der Waals surface area contributed by atoms with Crippen molar-refractivity contribution in [1.82, 2.24) is 79.3 Å². The second-order valence-electron chi connectivity index (χ2n) is 38.6. The van der Waals surface area contributed by atoms with E-state index >= 15 is 33.6 Å². The third-order valence-electron chi connectivity index (χ3n) is 25.7. The SMILES string of the molecule is Cc1cccc(C[C@@H]2NC(=O)[C@H](CC(=O)O)NC(=O)[C@H](Cc3ccc(OCC(=O)O)cc3)NC(=O)[C@H](CC3CCCCC3)NC(=O)CSC[C@@H](C(=O)N[C@@H](CCN)C(N)=O)NC(=O)[C@H](CCCN)NC(=O)[C@H](C(C)C)NC(=O)[C@H](CC3CC3)NC(=O)[C@H](CCN)NC(=O)[C@@H](CC(C)C)NC(=O)[C@H](C)N(C)C(=O)[C@H](CCC(N)=O)NC(=O)[C@H](Cc3ccc(-c4ccccc4)cc3)NC(=O)[C@H](Cc3ccc(C(=O)O)cc3)NC2=O)c1. The number of ether oxygens (including phenoxy) is 1. The third kappa shape index (κ3) is 39.4. The summed E-state index contributed by atoms with van der Waals surface area (Å²) >= 11 is 0.763. The number of likely N-dealkylation sites (N-methyl/N-ethyl adjacent to an activating group) is 1. The van der Waals surface area contributed by atoms with Gasteiger partial charge in [-0.25, -0.2) is 9.59 Å². The number of amides is 17. The van der Waals surface area contributed by atoms with Crippen LogP contribution in [0.25, 0.3) is 11.1 Å². The van der Waals surface area contributed by atoms with E-state index in [0.717, 1.165) is 47.1 Å². The number of rotatable bonds is 35. The molecule has 3 fully saturated rings. The normalized spacial score (nSPS) is 23.4. The monoisotopic (exact) mass is 2080 g/mol. The zero-order chi connectivity index (χ0) is 109. The number of hydrogen-bond donors (Lipinski definition) is 22. The Hall–Kier alpha value is -14.5. The van der Waals surface area contributed by atoms with Gasteiger partial charge in [0.15, 0.2) is 6.61 Å². The third-order valence-corrected chi connectivity index (χ3v) is 26.7. The van der Waals surface area contributed by atoms with E-state index in [1.807, 2.05) is 30.3 Å². The fraction of sp³-hybridized carbons (Fsp3) is 0.515. The van der Waals surface area contributed by atoms with Gasteiger partial charge in [0, 0.05) is 44.9 Å². The van der Waals surface area contributed by atoms with Gasteiger partial charge in [0.2, 0.25) is 100 Å². The molecule has 2 saturated carbocycles. The van der Waals surface area contributed by atoms with Gasteiger partial charge in [-0.15, -0.1) is 11.8 Å². The molecule has 44 nitrogen and oxygen atoms in total. The van der Waals surface area contributed by atoms with E-state index in [2.05, 4.69) is 74.4 Å². The summed E-state index contributed by atoms with van der Waals surface area (Å²) in [6.45, 7) is 8.52. The molecule has 15 atom stereocenters. The van der Waals surface area contributed by atoms with E-state index < -0.39 is 278 Å². The zero-order valence-corrected chi connectivity index (χ0v) is 85.2. The van der Waals surface area contributed by atoms with Crippen molar-refractivity contribution in [2.45, 2.75) is 267 Å². The molecule has 45 heteroatoms. The molecule has 8 rings (SSSR count). The molecule has 0 spiro atoms. The van der Waals surface area contributed by atoms with Crippen molar-refractivity contribution in [2.24, 2.45) is 52.3 Å². The number of carboxylic acids is 3. The van der Waals surface area contributed by atoms with Crippen LogP contribution in [0.1, 0.15) is 182 Å². The highest BCUT2D eigenvalue weighted by Crippen LogP contribution is 2.34. The molecule has 1 heterocycles. The van der Waals surface area contributed by atoms with Crippen LogP contribution in [0, 0.1) is 30.6 Å². The summed E-state index contributed by atoms with van der Waals surface area (Å²) in [5.74, 6) is -23.9. The lowest BCUT2D eigenvalue weighted by molar-refractivity contribution is -0.143. The second-order valence-corrected chi connectivity index (χ2v) is 39.6. The Morgan fingerprint density at radius 1 is 0.459 bits per heavy atom. The van der Waals surface area contributed by atoms with Crippen LogP contribution in [0.2, 0.25) is 0 Å². The predicted octanol–water partition coefficient (Wildman–Crippen LogP) is -0.390. The van der Waals surface area contributed by atoms with Crippen LogP contribution in [0.4, 0.5) is 0 Å². The van der Waals surface area contributed by atoms with Crippen molar-refractivity contribution in [3.05, 3.63) is 161 Å². The van der Waals surface area contributed by atoms with Gasteiger partial charge in [-0.2, -0.15) is 0 Å². The Labute approximate surface area is 862 Å². The first-order valence-corrected chi connectivity index (χ1v) is 51.0. The highest BCUT2D eigenvalue weighted by molar-refractivity contribution is 8.00. The molecule has 5 aromatic carbocycles.